The molecule has 184 valence electrons. The van der Waals surface area contributed by atoms with Gasteiger partial charge in [-0.15, -0.1) is 0 Å². The zero-order valence-electron chi connectivity index (χ0n) is 20.9. The second kappa shape index (κ2) is 9.06. The smallest absolute Gasteiger partial charge is 0.356 e. The van der Waals surface area contributed by atoms with Crippen molar-refractivity contribution in [1.82, 2.24) is 19.4 Å². The summed E-state index contributed by atoms with van der Waals surface area (Å²) in [6.45, 7) is 9.35. The number of benzene rings is 2. The Labute approximate surface area is 211 Å². The zero-order chi connectivity index (χ0) is 24.8. The van der Waals surface area contributed by atoms with Crippen LogP contribution in [0, 0.1) is 13.8 Å². The first kappa shape index (κ1) is 22.7. The van der Waals surface area contributed by atoms with E-state index < -0.39 is 5.97 Å². The van der Waals surface area contributed by atoms with E-state index in [1.54, 1.807) is 6.33 Å². The van der Waals surface area contributed by atoms with Gasteiger partial charge in [-0.3, -0.25) is 9.88 Å². The number of aromatic nitrogens is 3. The van der Waals surface area contributed by atoms with Crippen molar-refractivity contribution in [2.24, 2.45) is 0 Å². The van der Waals surface area contributed by atoms with Gasteiger partial charge in [0.05, 0.1) is 16.9 Å². The minimum Gasteiger partial charge on any atom is -0.476 e. The van der Waals surface area contributed by atoms with Crippen molar-refractivity contribution < 1.29 is 9.90 Å². The topological polar surface area (TPSA) is 74.5 Å². The van der Waals surface area contributed by atoms with E-state index >= 15 is 0 Å². The van der Waals surface area contributed by atoms with Crippen molar-refractivity contribution in [3.05, 3.63) is 82.6 Å². The summed E-state index contributed by atoms with van der Waals surface area (Å²) < 4.78 is 1.98. The van der Waals surface area contributed by atoms with Gasteiger partial charge >= 0.3 is 5.97 Å². The molecule has 2 aromatic heterocycles. The molecular weight excluding hydrogens is 450 g/mol. The van der Waals surface area contributed by atoms with Crippen molar-refractivity contribution >= 4 is 22.6 Å². The summed E-state index contributed by atoms with van der Waals surface area (Å²) in [7, 11) is 0. The van der Waals surface area contributed by atoms with E-state index in [1.165, 1.54) is 27.8 Å². The summed E-state index contributed by atoms with van der Waals surface area (Å²) in [6.07, 6.45) is 4.24. The van der Waals surface area contributed by atoms with E-state index in [0.717, 1.165) is 68.2 Å². The summed E-state index contributed by atoms with van der Waals surface area (Å²) in [5.74, 6) is -0.950. The predicted molar refractivity (Wildman–Crippen MR) is 142 cm³/mol. The third kappa shape index (κ3) is 3.93. The van der Waals surface area contributed by atoms with Crippen LogP contribution >= 0.6 is 0 Å². The average molecular weight is 482 g/mol. The van der Waals surface area contributed by atoms with Crippen LogP contribution in [0.25, 0.3) is 16.6 Å². The van der Waals surface area contributed by atoms with Gasteiger partial charge in [0, 0.05) is 49.5 Å². The number of carbonyl (C=O) groups is 1. The Morgan fingerprint density at radius 2 is 1.81 bits per heavy atom. The second-order valence-electron chi connectivity index (χ2n) is 9.95. The number of aromatic carboxylic acids is 1. The number of carboxylic acid groups (broad SMARTS) is 1. The van der Waals surface area contributed by atoms with Gasteiger partial charge in [-0.05, 0) is 80.1 Å². The van der Waals surface area contributed by atoms with Crippen molar-refractivity contribution in [2.45, 2.75) is 33.1 Å². The molecule has 36 heavy (non-hydrogen) atoms. The maximum absolute atomic E-state index is 11.5. The van der Waals surface area contributed by atoms with E-state index in [0.29, 0.717) is 6.42 Å². The Hall–Kier alpha value is -3.71. The molecular formula is C29H31N5O2. The number of aryl methyl sites for hydroxylation is 2. The lowest BCUT2D eigenvalue weighted by Crippen LogP contribution is -2.47. The van der Waals surface area contributed by atoms with Crippen molar-refractivity contribution in [3.8, 4) is 5.69 Å². The van der Waals surface area contributed by atoms with Crippen LogP contribution in [0.2, 0.25) is 0 Å². The molecule has 0 unspecified atom stereocenters. The zero-order valence-corrected chi connectivity index (χ0v) is 20.9. The van der Waals surface area contributed by atoms with E-state index in [2.05, 4.69) is 64.2 Å². The normalized spacial score (nSPS) is 15.7. The molecule has 0 radical (unpaired) electrons. The molecule has 6 rings (SSSR count). The van der Waals surface area contributed by atoms with Crippen LogP contribution in [0.5, 0.6) is 0 Å². The molecule has 2 aliphatic heterocycles. The lowest BCUT2D eigenvalue weighted by molar-refractivity contribution is 0.0689. The van der Waals surface area contributed by atoms with Crippen LogP contribution in [-0.2, 0) is 19.3 Å². The van der Waals surface area contributed by atoms with E-state index in [-0.39, 0.29) is 5.69 Å². The summed E-state index contributed by atoms with van der Waals surface area (Å²) in [5.41, 5.74) is 9.53. The number of hydrogen-bond acceptors (Lipinski definition) is 5. The molecule has 7 heteroatoms. The first-order chi connectivity index (χ1) is 17.5. The van der Waals surface area contributed by atoms with Crippen molar-refractivity contribution in [1.29, 1.82) is 0 Å². The predicted octanol–water partition coefficient (Wildman–Crippen LogP) is 4.20. The number of nitrogens with zero attached hydrogens (tertiary/aromatic N) is 5. The third-order valence-corrected chi connectivity index (χ3v) is 7.82. The van der Waals surface area contributed by atoms with Crippen LogP contribution in [-0.4, -0.2) is 63.2 Å². The molecule has 4 aromatic rings. The minimum absolute atomic E-state index is 0.178. The van der Waals surface area contributed by atoms with Crippen molar-refractivity contribution in [2.75, 3.05) is 37.6 Å². The van der Waals surface area contributed by atoms with Gasteiger partial charge in [-0.2, -0.15) is 0 Å². The lowest BCUT2D eigenvalue weighted by Gasteiger charge is -2.37. The molecule has 2 aromatic carbocycles. The molecule has 0 spiro atoms. The van der Waals surface area contributed by atoms with Gasteiger partial charge in [0.25, 0.3) is 0 Å². The molecule has 0 aliphatic carbocycles. The van der Waals surface area contributed by atoms with Crippen LogP contribution in [0.15, 0.2) is 48.8 Å². The average Bonchev–Trinajstić information content (AvgIpc) is 3.33. The molecule has 0 saturated carbocycles. The van der Waals surface area contributed by atoms with Crippen LogP contribution in [0.3, 0.4) is 0 Å². The summed E-state index contributed by atoms with van der Waals surface area (Å²) in [4.78, 5) is 25.5. The van der Waals surface area contributed by atoms with Gasteiger partial charge in [0.15, 0.2) is 5.69 Å². The number of fused-ring (bicyclic) bond motifs is 4. The van der Waals surface area contributed by atoms with Crippen LogP contribution in [0.1, 0.15) is 38.6 Å². The first-order valence-electron chi connectivity index (χ1n) is 12.7. The Kier molecular flexibility index (Phi) is 5.72. The molecule has 0 atom stereocenters. The van der Waals surface area contributed by atoms with E-state index in [1.807, 2.05) is 11.5 Å². The fourth-order valence-corrected chi connectivity index (χ4v) is 5.89. The Bertz CT molecular complexity index is 1470. The monoisotopic (exact) mass is 481 g/mol. The first-order valence-corrected chi connectivity index (χ1v) is 12.7. The highest BCUT2D eigenvalue weighted by atomic mass is 16.4. The summed E-state index contributed by atoms with van der Waals surface area (Å²) in [6, 6.07) is 15.0. The number of hydrogen-bond donors (Lipinski definition) is 1. The molecule has 0 amide bonds. The SMILES string of the molecule is Cc1ccc2c(N3CCN(CCc4c(C)ccc5c4CCc4c(C(=O)O)ncn4-5)CC3)cccc2n1. The number of rotatable bonds is 5. The van der Waals surface area contributed by atoms with Gasteiger partial charge in [-0.1, -0.05) is 12.1 Å². The van der Waals surface area contributed by atoms with E-state index in [9.17, 15) is 9.90 Å². The Morgan fingerprint density at radius 3 is 2.61 bits per heavy atom. The highest BCUT2D eigenvalue weighted by Crippen LogP contribution is 2.32. The van der Waals surface area contributed by atoms with Crippen LogP contribution < -0.4 is 4.90 Å². The minimum atomic E-state index is -0.950. The standard InChI is InChI=1S/C29H31N5O2/c1-19-6-10-26-22(9-11-27-28(29(35)36)30-18-34(26)27)21(19)12-13-32-14-16-33(17-15-32)25-5-3-4-24-23(25)8-7-20(2)31-24/h3-8,10,18H,9,11-17H2,1-2H3,(H,35,36). The molecule has 4 heterocycles. The number of anilines is 1. The summed E-state index contributed by atoms with van der Waals surface area (Å²) >= 11 is 0. The maximum atomic E-state index is 11.5. The highest BCUT2D eigenvalue weighted by molar-refractivity contribution is 5.92. The third-order valence-electron chi connectivity index (χ3n) is 7.82. The molecule has 1 fully saturated rings. The van der Waals surface area contributed by atoms with Gasteiger partial charge in [-0.25, -0.2) is 9.78 Å². The molecule has 0 bridgehead atoms. The number of carboxylic acids is 1. The fraction of sp³-hybridized carbons (Fsp3) is 0.345. The Balaban J connectivity index is 1.16. The largest absolute Gasteiger partial charge is 0.476 e. The molecule has 1 saturated heterocycles. The summed E-state index contributed by atoms with van der Waals surface area (Å²) in [5, 5.41) is 10.7. The van der Waals surface area contributed by atoms with Crippen molar-refractivity contribution in [3.63, 3.8) is 0 Å². The highest BCUT2D eigenvalue weighted by Gasteiger charge is 2.26. The number of piperazine rings is 1. The molecule has 7 nitrogen and oxygen atoms in total. The molecule has 1 N–H and O–H groups in total. The fourth-order valence-electron chi connectivity index (χ4n) is 5.89. The quantitative estimate of drug-likeness (QED) is 0.461. The number of imidazole rings is 1. The Morgan fingerprint density at radius 1 is 0.972 bits per heavy atom. The molecule has 2 aliphatic rings. The number of pyridine rings is 1. The van der Waals surface area contributed by atoms with E-state index in [4.69, 9.17) is 4.98 Å². The second-order valence-corrected chi connectivity index (χ2v) is 9.95. The van der Waals surface area contributed by atoms with Gasteiger partial charge < -0.3 is 14.6 Å². The van der Waals surface area contributed by atoms with Gasteiger partial charge in [0.1, 0.15) is 6.33 Å². The van der Waals surface area contributed by atoms with Gasteiger partial charge in [0.2, 0.25) is 0 Å². The lowest BCUT2D eigenvalue weighted by atomic mass is 9.91. The van der Waals surface area contributed by atoms with Crippen LogP contribution in [0.4, 0.5) is 5.69 Å². The maximum Gasteiger partial charge on any atom is 0.356 e.